The van der Waals surface area contributed by atoms with E-state index in [9.17, 15) is 22.4 Å². The third-order valence-electron chi connectivity index (χ3n) is 3.78. The second-order valence-corrected chi connectivity index (χ2v) is 6.96. The summed E-state index contributed by atoms with van der Waals surface area (Å²) in [5.74, 6) is -0.985. The zero-order valence-corrected chi connectivity index (χ0v) is 15.2. The van der Waals surface area contributed by atoms with Gasteiger partial charge in [0, 0.05) is 11.3 Å². The Labute approximate surface area is 160 Å². The van der Waals surface area contributed by atoms with Crippen LogP contribution >= 0.6 is 11.3 Å². The van der Waals surface area contributed by atoms with Crippen molar-refractivity contribution in [1.82, 2.24) is 4.98 Å². The molecule has 0 saturated carbocycles. The van der Waals surface area contributed by atoms with Crippen LogP contribution in [0.15, 0.2) is 36.4 Å². The van der Waals surface area contributed by atoms with Crippen molar-refractivity contribution in [2.24, 2.45) is 0 Å². The Kier molecular flexibility index (Phi) is 5.52. The molecule has 0 unspecified atom stereocenters. The first-order chi connectivity index (χ1) is 13.2. The van der Waals surface area contributed by atoms with Crippen molar-refractivity contribution in [3.8, 4) is 5.75 Å². The first kappa shape index (κ1) is 20.0. The van der Waals surface area contributed by atoms with E-state index in [1.807, 2.05) is 0 Å². The van der Waals surface area contributed by atoms with Gasteiger partial charge < -0.3 is 15.2 Å². The Bertz CT molecular complexity index is 1020. The van der Waals surface area contributed by atoms with Gasteiger partial charge in [-0.25, -0.2) is 4.98 Å². The summed E-state index contributed by atoms with van der Waals surface area (Å²) in [7, 11) is 0. The quantitative estimate of drug-likeness (QED) is 0.579. The number of alkyl halides is 4. The largest absolute Gasteiger partial charge is 0.461 e. The molecule has 2 N–H and O–H groups in total. The molecule has 1 aromatic heterocycles. The van der Waals surface area contributed by atoms with Gasteiger partial charge in [-0.3, -0.25) is 4.79 Å². The minimum Gasteiger partial charge on any atom is -0.428 e. The summed E-state index contributed by atoms with van der Waals surface area (Å²) in [6.07, 6.45) is -8.59. The molecular formula is C18H14F4N2O3S. The lowest BCUT2D eigenvalue weighted by Crippen LogP contribution is -2.33. The van der Waals surface area contributed by atoms with E-state index in [0.29, 0.717) is 16.2 Å². The first-order valence-electron chi connectivity index (χ1n) is 7.97. The SMILES string of the molecule is Cc1cc(OC(F)(F)C(F)F)ccc1C(=O)Nc1ccc2sc(CO)nc2c1. The van der Waals surface area contributed by atoms with E-state index in [1.165, 1.54) is 24.3 Å². The molecule has 0 atom stereocenters. The number of ether oxygens (including phenoxy) is 1. The maximum atomic E-state index is 13.0. The van der Waals surface area contributed by atoms with Crippen molar-refractivity contribution >= 4 is 33.1 Å². The fraction of sp³-hybridized carbons (Fsp3) is 0.222. The van der Waals surface area contributed by atoms with Crippen molar-refractivity contribution in [2.45, 2.75) is 26.1 Å². The lowest BCUT2D eigenvalue weighted by atomic mass is 10.1. The molecule has 1 heterocycles. The monoisotopic (exact) mass is 414 g/mol. The van der Waals surface area contributed by atoms with Gasteiger partial charge in [-0.1, -0.05) is 0 Å². The number of hydrogen-bond acceptors (Lipinski definition) is 5. The number of fused-ring (bicyclic) bond motifs is 1. The highest BCUT2D eigenvalue weighted by Crippen LogP contribution is 2.29. The molecule has 0 aliphatic rings. The first-order valence-corrected chi connectivity index (χ1v) is 8.78. The fourth-order valence-corrected chi connectivity index (χ4v) is 3.28. The van der Waals surface area contributed by atoms with E-state index in [2.05, 4.69) is 15.0 Å². The number of carbonyl (C=O) groups is 1. The van der Waals surface area contributed by atoms with E-state index in [-0.39, 0.29) is 17.7 Å². The minimum absolute atomic E-state index is 0.169. The predicted octanol–water partition coefficient (Wildman–Crippen LogP) is 4.59. The number of rotatable bonds is 6. The maximum Gasteiger partial charge on any atom is 0.461 e. The molecule has 0 fully saturated rings. The summed E-state index contributed by atoms with van der Waals surface area (Å²) in [6.45, 7) is 1.29. The standard InChI is InChI=1S/C18H14F4N2O3S/c1-9-6-11(27-18(21,22)17(19)20)3-4-12(9)16(26)23-10-2-5-14-13(7-10)24-15(8-25)28-14/h2-7,17,25H,8H2,1H3,(H,23,26). The molecule has 3 aromatic rings. The van der Waals surface area contributed by atoms with Crippen LogP contribution in [0.3, 0.4) is 0 Å². The van der Waals surface area contributed by atoms with E-state index in [0.717, 1.165) is 16.8 Å². The highest BCUT2D eigenvalue weighted by molar-refractivity contribution is 7.18. The van der Waals surface area contributed by atoms with E-state index in [1.54, 1.807) is 18.2 Å². The molecule has 0 aliphatic carbocycles. The van der Waals surface area contributed by atoms with Gasteiger partial charge in [0.2, 0.25) is 0 Å². The van der Waals surface area contributed by atoms with Crippen LogP contribution in [0.4, 0.5) is 23.2 Å². The van der Waals surface area contributed by atoms with Crippen LogP contribution in [0.2, 0.25) is 0 Å². The molecule has 28 heavy (non-hydrogen) atoms. The van der Waals surface area contributed by atoms with Gasteiger partial charge in [0.25, 0.3) is 5.91 Å². The number of nitrogens with zero attached hydrogens (tertiary/aromatic N) is 1. The molecule has 0 saturated heterocycles. The van der Waals surface area contributed by atoms with Crippen LogP contribution in [-0.4, -0.2) is 28.5 Å². The van der Waals surface area contributed by atoms with E-state index >= 15 is 0 Å². The highest BCUT2D eigenvalue weighted by atomic mass is 32.1. The maximum absolute atomic E-state index is 13.0. The van der Waals surface area contributed by atoms with Crippen molar-refractivity contribution in [3.63, 3.8) is 0 Å². The number of aromatic nitrogens is 1. The number of thiazole rings is 1. The molecule has 0 aliphatic heterocycles. The molecule has 2 aromatic carbocycles. The van der Waals surface area contributed by atoms with E-state index < -0.39 is 24.2 Å². The molecule has 5 nitrogen and oxygen atoms in total. The van der Waals surface area contributed by atoms with Crippen molar-refractivity contribution in [1.29, 1.82) is 0 Å². The number of aliphatic hydroxyl groups excluding tert-OH is 1. The Morgan fingerprint density at radius 2 is 2.04 bits per heavy atom. The highest BCUT2D eigenvalue weighted by Gasteiger charge is 2.44. The third kappa shape index (κ3) is 4.23. The van der Waals surface area contributed by atoms with Crippen LogP contribution < -0.4 is 10.1 Å². The van der Waals surface area contributed by atoms with Gasteiger partial charge in [0.15, 0.2) is 0 Å². The van der Waals surface area contributed by atoms with Gasteiger partial charge in [0.1, 0.15) is 10.8 Å². The second-order valence-electron chi connectivity index (χ2n) is 5.84. The van der Waals surface area contributed by atoms with Crippen LogP contribution in [0, 0.1) is 6.92 Å². The van der Waals surface area contributed by atoms with E-state index in [4.69, 9.17) is 5.11 Å². The molecule has 10 heteroatoms. The predicted molar refractivity (Wildman–Crippen MR) is 96.3 cm³/mol. The molecule has 0 bridgehead atoms. The summed E-state index contributed by atoms with van der Waals surface area (Å²) >= 11 is 1.33. The number of nitrogens with one attached hydrogen (secondary N) is 1. The molecule has 0 spiro atoms. The van der Waals surface area contributed by atoms with Crippen molar-refractivity contribution in [2.75, 3.05) is 5.32 Å². The normalized spacial score (nSPS) is 11.8. The number of carbonyl (C=O) groups excluding carboxylic acids is 1. The zero-order valence-electron chi connectivity index (χ0n) is 14.4. The van der Waals surface area contributed by atoms with Crippen LogP contribution in [0.5, 0.6) is 5.75 Å². The average Bonchev–Trinajstić information content (AvgIpc) is 3.03. The number of hydrogen-bond donors (Lipinski definition) is 2. The number of anilines is 1. The fourth-order valence-electron chi connectivity index (χ4n) is 2.48. The van der Waals surface area contributed by atoms with Gasteiger partial charge in [-0.05, 0) is 48.9 Å². The molecule has 3 rings (SSSR count). The summed E-state index contributed by atoms with van der Waals surface area (Å²) < 4.78 is 55.3. The minimum atomic E-state index is -4.62. The van der Waals surface area contributed by atoms with Gasteiger partial charge in [-0.2, -0.15) is 17.6 Å². The molecule has 1 amide bonds. The van der Waals surface area contributed by atoms with Gasteiger partial charge in [0.05, 0.1) is 16.8 Å². The second kappa shape index (κ2) is 7.72. The number of aryl methyl sites for hydroxylation is 1. The van der Waals surface area contributed by atoms with Crippen LogP contribution in [0.25, 0.3) is 10.2 Å². The Hall–Kier alpha value is -2.72. The third-order valence-corrected chi connectivity index (χ3v) is 4.80. The van der Waals surface area contributed by atoms with Crippen LogP contribution in [0.1, 0.15) is 20.9 Å². The lowest BCUT2D eigenvalue weighted by Gasteiger charge is -2.17. The summed E-state index contributed by atoms with van der Waals surface area (Å²) in [6, 6.07) is 8.37. The number of amides is 1. The smallest absolute Gasteiger partial charge is 0.428 e. The zero-order chi connectivity index (χ0) is 20.5. The lowest BCUT2D eigenvalue weighted by molar-refractivity contribution is -0.253. The number of benzene rings is 2. The summed E-state index contributed by atoms with van der Waals surface area (Å²) in [4.78, 5) is 16.7. The Balaban J connectivity index is 1.77. The summed E-state index contributed by atoms with van der Waals surface area (Å²) in [5, 5.41) is 12.3. The van der Waals surface area contributed by atoms with Gasteiger partial charge in [-0.15, -0.1) is 11.3 Å². The molecular weight excluding hydrogens is 400 g/mol. The van der Waals surface area contributed by atoms with Crippen molar-refractivity contribution < 1.29 is 32.2 Å². The number of aliphatic hydroxyl groups is 1. The topological polar surface area (TPSA) is 71.5 Å². The van der Waals surface area contributed by atoms with Crippen LogP contribution in [-0.2, 0) is 6.61 Å². The number of halogens is 4. The van der Waals surface area contributed by atoms with Crippen molar-refractivity contribution in [3.05, 3.63) is 52.5 Å². The Morgan fingerprint density at radius 1 is 1.29 bits per heavy atom. The molecule has 148 valence electrons. The summed E-state index contributed by atoms with van der Waals surface area (Å²) in [5.41, 5.74) is 1.51. The average molecular weight is 414 g/mol. The Morgan fingerprint density at radius 3 is 2.68 bits per heavy atom. The van der Waals surface area contributed by atoms with Gasteiger partial charge >= 0.3 is 12.5 Å². The molecule has 0 radical (unpaired) electrons.